The number of aromatic nitrogens is 2. The zero-order valence-corrected chi connectivity index (χ0v) is 14.4. The van der Waals surface area contributed by atoms with Crippen LogP contribution in [-0.4, -0.2) is 15.7 Å². The molecule has 0 spiro atoms. The maximum Gasteiger partial charge on any atom is 0.255 e. The van der Waals surface area contributed by atoms with E-state index >= 15 is 0 Å². The van der Waals surface area contributed by atoms with E-state index in [4.69, 9.17) is 5.73 Å². The number of nitrogen functional groups attached to an aromatic ring is 1. The monoisotopic (exact) mass is 360 g/mol. The summed E-state index contributed by atoms with van der Waals surface area (Å²) in [6.07, 6.45) is 1.87. The summed E-state index contributed by atoms with van der Waals surface area (Å²) in [5, 5.41) is 8.06. The zero-order valence-electron chi connectivity index (χ0n) is 14.4. The quantitative estimate of drug-likeness (QED) is 0.539. The van der Waals surface area contributed by atoms with Crippen LogP contribution in [0.4, 0.5) is 15.8 Å². The summed E-state index contributed by atoms with van der Waals surface area (Å²) in [5.41, 5.74) is 9.09. The number of nitrogens with two attached hydrogens (primary N) is 1. The Balaban J connectivity index is 1.48. The molecule has 3 N–H and O–H groups in total. The number of carbonyl (C=O) groups is 1. The van der Waals surface area contributed by atoms with Gasteiger partial charge in [-0.1, -0.05) is 24.3 Å². The number of fused-ring (bicyclic) bond motifs is 1. The fourth-order valence-corrected chi connectivity index (χ4v) is 2.88. The number of amides is 1. The molecule has 1 aromatic heterocycles. The van der Waals surface area contributed by atoms with Gasteiger partial charge in [0.15, 0.2) is 0 Å². The number of para-hydroxylation sites is 2. The van der Waals surface area contributed by atoms with E-state index in [1.54, 1.807) is 35.0 Å². The van der Waals surface area contributed by atoms with E-state index in [0.29, 0.717) is 29.0 Å². The smallest absolute Gasteiger partial charge is 0.255 e. The van der Waals surface area contributed by atoms with Crippen LogP contribution in [0.5, 0.6) is 0 Å². The zero-order chi connectivity index (χ0) is 18.8. The summed E-state index contributed by atoms with van der Waals surface area (Å²) in [6, 6.07) is 18.9. The largest absolute Gasteiger partial charge is 0.397 e. The summed E-state index contributed by atoms with van der Waals surface area (Å²) in [4.78, 5) is 12.4. The van der Waals surface area contributed by atoms with Gasteiger partial charge in [-0.15, -0.1) is 0 Å². The number of nitrogens with one attached hydrogen (secondary N) is 1. The van der Waals surface area contributed by atoms with Gasteiger partial charge in [-0.05, 0) is 42.0 Å². The van der Waals surface area contributed by atoms with Gasteiger partial charge in [0.2, 0.25) is 0 Å². The molecule has 0 fully saturated rings. The second-order valence-electron chi connectivity index (χ2n) is 6.27. The number of nitrogens with zero attached hydrogens (tertiary/aromatic N) is 2. The molecule has 1 heterocycles. The molecule has 4 rings (SSSR count). The van der Waals surface area contributed by atoms with Gasteiger partial charge in [0.1, 0.15) is 5.82 Å². The second kappa shape index (κ2) is 6.92. The molecule has 0 radical (unpaired) electrons. The Labute approximate surface area is 155 Å². The number of anilines is 2. The van der Waals surface area contributed by atoms with Gasteiger partial charge in [-0.2, -0.15) is 5.10 Å². The molecule has 0 unspecified atom stereocenters. The Hall–Kier alpha value is -3.67. The standard InChI is InChI=1S/C21H17FN4O/c22-17-10-9-16-13-26(25-20(16)11-17)12-14-5-7-15(8-6-14)21(27)24-19-4-2-1-3-18(19)23/h1-11,13H,12,23H2,(H,24,27). The number of benzene rings is 3. The first kappa shape index (κ1) is 16.8. The molecule has 4 aromatic rings. The van der Waals surface area contributed by atoms with E-state index in [-0.39, 0.29) is 11.7 Å². The number of hydrogen-bond donors (Lipinski definition) is 2. The van der Waals surface area contributed by atoms with Gasteiger partial charge in [-0.25, -0.2) is 4.39 Å². The fraction of sp³-hybridized carbons (Fsp3) is 0.0476. The van der Waals surface area contributed by atoms with Crippen molar-refractivity contribution >= 4 is 28.2 Å². The molecule has 0 aliphatic carbocycles. The van der Waals surface area contributed by atoms with E-state index in [9.17, 15) is 9.18 Å². The van der Waals surface area contributed by atoms with Crippen molar-refractivity contribution in [1.29, 1.82) is 0 Å². The normalized spacial score (nSPS) is 10.9. The van der Waals surface area contributed by atoms with E-state index < -0.39 is 0 Å². The molecule has 1 amide bonds. The van der Waals surface area contributed by atoms with Gasteiger partial charge in [0, 0.05) is 23.2 Å². The lowest BCUT2D eigenvalue weighted by Gasteiger charge is -2.08. The van der Waals surface area contributed by atoms with E-state index in [0.717, 1.165) is 10.9 Å². The van der Waals surface area contributed by atoms with E-state index in [2.05, 4.69) is 10.4 Å². The first-order valence-corrected chi connectivity index (χ1v) is 8.46. The number of hydrogen-bond acceptors (Lipinski definition) is 3. The van der Waals surface area contributed by atoms with E-state index in [1.807, 2.05) is 30.5 Å². The van der Waals surface area contributed by atoms with Crippen LogP contribution in [-0.2, 0) is 6.54 Å². The van der Waals surface area contributed by atoms with Crippen LogP contribution >= 0.6 is 0 Å². The number of halogens is 1. The molecular formula is C21H17FN4O. The van der Waals surface area contributed by atoms with Crippen LogP contribution in [0.15, 0.2) is 72.9 Å². The molecule has 3 aromatic carbocycles. The maximum atomic E-state index is 13.3. The third-order valence-electron chi connectivity index (χ3n) is 4.29. The SMILES string of the molecule is Nc1ccccc1NC(=O)c1ccc(Cn2cc3ccc(F)cc3n2)cc1. The number of rotatable bonds is 4. The lowest BCUT2D eigenvalue weighted by Crippen LogP contribution is -2.13. The maximum absolute atomic E-state index is 13.3. The highest BCUT2D eigenvalue weighted by atomic mass is 19.1. The van der Waals surface area contributed by atoms with Crippen molar-refractivity contribution in [1.82, 2.24) is 9.78 Å². The molecule has 0 aliphatic rings. The van der Waals surface area contributed by atoms with Crippen LogP contribution in [0, 0.1) is 5.82 Å². The molecule has 0 atom stereocenters. The first-order chi connectivity index (χ1) is 13.1. The molecule has 5 nitrogen and oxygen atoms in total. The van der Waals surface area contributed by atoms with Crippen LogP contribution in [0.3, 0.4) is 0 Å². The van der Waals surface area contributed by atoms with Gasteiger partial charge in [0.05, 0.1) is 23.4 Å². The highest BCUT2D eigenvalue weighted by Crippen LogP contribution is 2.18. The topological polar surface area (TPSA) is 72.9 Å². The predicted molar refractivity (Wildman–Crippen MR) is 104 cm³/mol. The summed E-state index contributed by atoms with van der Waals surface area (Å²) < 4.78 is 15.0. The molecule has 27 heavy (non-hydrogen) atoms. The summed E-state index contributed by atoms with van der Waals surface area (Å²) in [6.45, 7) is 0.532. The van der Waals surface area contributed by atoms with Crippen molar-refractivity contribution in [2.24, 2.45) is 0 Å². The lowest BCUT2D eigenvalue weighted by atomic mass is 10.1. The summed E-state index contributed by atoms with van der Waals surface area (Å²) >= 11 is 0. The molecule has 0 aliphatic heterocycles. The highest BCUT2D eigenvalue weighted by molar-refractivity contribution is 6.05. The van der Waals surface area contributed by atoms with E-state index in [1.165, 1.54) is 12.1 Å². The average Bonchev–Trinajstić information content (AvgIpc) is 3.05. The fourth-order valence-electron chi connectivity index (χ4n) is 2.88. The molecule has 6 heteroatoms. The van der Waals surface area contributed by atoms with Crippen LogP contribution in [0.2, 0.25) is 0 Å². The minimum atomic E-state index is -0.304. The Morgan fingerprint density at radius 2 is 1.85 bits per heavy atom. The molecule has 0 saturated carbocycles. The Morgan fingerprint density at radius 1 is 1.07 bits per heavy atom. The second-order valence-corrected chi connectivity index (χ2v) is 6.27. The molecular weight excluding hydrogens is 343 g/mol. The van der Waals surface area contributed by atoms with Gasteiger partial charge in [0.25, 0.3) is 5.91 Å². The van der Waals surface area contributed by atoms with Gasteiger partial charge < -0.3 is 11.1 Å². The van der Waals surface area contributed by atoms with Crippen LogP contribution in [0.25, 0.3) is 10.9 Å². The molecule has 0 saturated heterocycles. The summed E-state index contributed by atoms with van der Waals surface area (Å²) in [7, 11) is 0. The highest BCUT2D eigenvalue weighted by Gasteiger charge is 2.08. The molecule has 0 bridgehead atoms. The third-order valence-corrected chi connectivity index (χ3v) is 4.29. The summed E-state index contributed by atoms with van der Waals surface area (Å²) in [5.74, 6) is -0.526. The predicted octanol–water partition coefficient (Wildman–Crippen LogP) is 4.06. The average molecular weight is 360 g/mol. The molecule has 134 valence electrons. The minimum absolute atomic E-state index is 0.222. The van der Waals surface area contributed by atoms with Crippen molar-refractivity contribution in [2.75, 3.05) is 11.1 Å². The minimum Gasteiger partial charge on any atom is -0.397 e. The van der Waals surface area contributed by atoms with Crippen molar-refractivity contribution in [3.63, 3.8) is 0 Å². The van der Waals surface area contributed by atoms with Crippen LogP contribution in [0.1, 0.15) is 15.9 Å². The third kappa shape index (κ3) is 3.64. The van der Waals surface area contributed by atoms with Crippen molar-refractivity contribution in [3.05, 3.63) is 89.9 Å². The van der Waals surface area contributed by atoms with Crippen molar-refractivity contribution in [3.8, 4) is 0 Å². The van der Waals surface area contributed by atoms with Crippen molar-refractivity contribution in [2.45, 2.75) is 6.54 Å². The Morgan fingerprint density at radius 3 is 2.63 bits per heavy atom. The van der Waals surface area contributed by atoms with Gasteiger partial charge >= 0.3 is 0 Å². The first-order valence-electron chi connectivity index (χ1n) is 8.46. The van der Waals surface area contributed by atoms with Gasteiger partial charge in [-0.3, -0.25) is 9.48 Å². The lowest BCUT2D eigenvalue weighted by molar-refractivity contribution is 0.102. The van der Waals surface area contributed by atoms with Crippen LogP contribution < -0.4 is 11.1 Å². The Kier molecular flexibility index (Phi) is 4.30. The Bertz CT molecular complexity index is 1120. The van der Waals surface area contributed by atoms with Crippen molar-refractivity contribution < 1.29 is 9.18 Å². The number of carbonyl (C=O) groups excluding carboxylic acids is 1.